The number of aryl methyl sites for hydroxylation is 1. The molecule has 0 aliphatic carbocycles. The van der Waals surface area contributed by atoms with Gasteiger partial charge in [-0.05, 0) is 24.6 Å². The summed E-state index contributed by atoms with van der Waals surface area (Å²) in [5, 5.41) is 8.13. The number of benzene rings is 2. The fraction of sp³-hybridized carbons (Fsp3) is 0.235. The van der Waals surface area contributed by atoms with Gasteiger partial charge in [-0.1, -0.05) is 47.2 Å². The lowest BCUT2D eigenvalue weighted by Gasteiger charge is -2.17. The van der Waals surface area contributed by atoms with Crippen molar-refractivity contribution >= 4 is 16.9 Å². The SMILES string of the molecule is Cc1cccc(CN(C)C(=O)Cn2nnc3ccccc32)c1. The van der Waals surface area contributed by atoms with Crippen LogP contribution in [-0.2, 0) is 17.9 Å². The highest BCUT2D eigenvalue weighted by Crippen LogP contribution is 2.11. The first-order chi connectivity index (χ1) is 10.6. The van der Waals surface area contributed by atoms with Crippen LogP contribution in [0.1, 0.15) is 11.1 Å². The van der Waals surface area contributed by atoms with E-state index in [-0.39, 0.29) is 12.5 Å². The number of carbonyl (C=O) groups excluding carboxylic acids is 1. The van der Waals surface area contributed by atoms with Crippen LogP contribution >= 0.6 is 0 Å². The Morgan fingerprint density at radius 1 is 1.18 bits per heavy atom. The minimum absolute atomic E-state index is 0.0113. The molecule has 0 spiro atoms. The van der Waals surface area contributed by atoms with Crippen LogP contribution in [0.3, 0.4) is 0 Å². The molecule has 3 rings (SSSR count). The monoisotopic (exact) mass is 294 g/mol. The van der Waals surface area contributed by atoms with Gasteiger partial charge < -0.3 is 4.90 Å². The Bertz CT molecular complexity index is 809. The number of hydrogen-bond acceptors (Lipinski definition) is 3. The summed E-state index contributed by atoms with van der Waals surface area (Å²) in [6, 6.07) is 15.8. The van der Waals surface area contributed by atoms with Crippen molar-refractivity contribution in [3.63, 3.8) is 0 Å². The summed E-state index contributed by atoms with van der Waals surface area (Å²) in [6.45, 7) is 2.84. The molecule has 112 valence electrons. The summed E-state index contributed by atoms with van der Waals surface area (Å²) in [5.74, 6) is 0.0113. The number of hydrogen-bond donors (Lipinski definition) is 0. The van der Waals surface area contributed by atoms with Gasteiger partial charge in [0.05, 0.1) is 5.52 Å². The number of para-hydroxylation sites is 1. The van der Waals surface area contributed by atoms with Gasteiger partial charge in [0.2, 0.25) is 5.91 Å². The van der Waals surface area contributed by atoms with Crippen LogP contribution in [0, 0.1) is 6.92 Å². The lowest BCUT2D eigenvalue weighted by Crippen LogP contribution is -2.30. The van der Waals surface area contributed by atoms with Crippen molar-refractivity contribution in [2.45, 2.75) is 20.0 Å². The fourth-order valence-electron chi connectivity index (χ4n) is 2.46. The standard InChI is InChI=1S/C17H18N4O/c1-13-6-5-7-14(10-13)11-20(2)17(22)12-21-16-9-4-3-8-15(16)18-19-21/h3-10H,11-12H2,1-2H3. The number of carbonyl (C=O) groups is 1. The molecule has 3 aromatic rings. The summed E-state index contributed by atoms with van der Waals surface area (Å²) in [5.41, 5.74) is 4.00. The lowest BCUT2D eigenvalue weighted by atomic mass is 10.1. The molecule has 1 amide bonds. The van der Waals surface area contributed by atoms with Crippen LogP contribution in [0.5, 0.6) is 0 Å². The fourth-order valence-corrected chi connectivity index (χ4v) is 2.46. The summed E-state index contributed by atoms with van der Waals surface area (Å²) in [6.07, 6.45) is 0. The molecular weight excluding hydrogens is 276 g/mol. The zero-order valence-electron chi connectivity index (χ0n) is 12.7. The van der Waals surface area contributed by atoms with E-state index in [0.29, 0.717) is 6.54 Å². The molecule has 0 bridgehead atoms. The van der Waals surface area contributed by atoms with Gasteiger partial charge in [-0.25, -0.2) is 4.68 Å². The van der Waals surface area contributed by atoms with Crippen molar-refractivity contribution in [1.29, 1.82) is 0 Å². The lowest BCUT2D eigenvalue weighted by molar-refractivity contribution is -0.131. The molecule has 0 fully saturated rings. The van der Waals surface area contributed by atoms with E-state index in [4.69, 9.17) is 0 Å². The average molecular weight is 294 g/mol. The van der Waals surface area contributed by atoms with Crippen LogP contribution < -0.4 is 0 Å². The second kappa shape index (κ2) is 5.97. The van der Waals surface area contributed by atoms with Crippen molar-refractivity contribution in [2.24, 2.45) is 0 Å². The van der Waals surface area contributed by atoms with Gasteiger partial charge in [0, 0.05) is 13.6 Å². The molecule has 1 aromatic heterocycles. The quantitative estimate of drug-likeness (QED) is 0.742. The normalized spacial score (nSPS) is 10.8. The maximum atomic E-state index is 12.4. The number of likely N-dealkylation sites (N-methyl/N-ethyl adjacent to an activating group) is 1. The minimum atomic E-state index is 0.0113. The second-order valence-electron chi connectivity index (χ2n) is 5.47. The number of amides is 1. The van der Waals surface area contributed by atoms with E-state index in [0.717, 1.165) is 16.6 Å². The number of rotatable bonds is 4. The van der Waals surface area contributed by atoms with Gasteiger partial charge in [0.25, 0.3) is 0 Å². The molecule has 5 nitrogen and oxygen atoms in total. The van der Waals surface area contributed by atoms with Crippen LogP contribution in [0.4, 0.5) is 0 Å². The van der Waals surface area contributed by atoms with Gasteiger partial charge in [-0.2, -0.15) is 0 Å². The third-order valence-corrected chi connectivity index (χ3v) is 3.63. The van der Waals surface area contributed by atoms with Crippen LogP contribution in [0.25, 0.3) is 11.0 Å². The second-order valence-corrected chi connectivity index (χ2v) is 5.47. The molecule has 0 saturated carbocycles. The minimum Gasteiger partial charge on any atom is -0.340 e. The van der Waals surface area contributed by atoms with E-state index < -0.39 is 0 Å². The molecule has 5 heteroatoms. The molecule has 0 radical (unpaired) electrons. The summed E-state index contributed by atoms with van der Waals surface area (Å²) in [7, 11) is 1.81. The Kier molecular flexibility index (Phi) is 3.87. The predicted molar refractivity (Wildman–Crippen MR) is 85.2 cm³/mol. The van der Waals surface area contributed by atoms with Gasteiger partial charge in [0.1, 0.15) is 12.1 Å². The van der Waals surface area contributed by atoms with Crippen molar-refractivity contribution in [2.75, 3.05) is 7.05 Å². The highest BCUT2D eigenvalue weighted by molar-refractivity contribution is 5.79. The molecule has 22 heavy (non-hydrogen) atoms. The molecule has 2 aromatic carbocycles. The molecule has 0 aliphatic rings. The maximum absolute atomic E-state index is 12.4. The van der Waals surface area contributed by atoms with Crippen molar-refractivity contribution in [3.8, 4) is 0 Å². The molecule has 0 aliphatic heterocycles. The zero-order valence-corrected chi connectivity index (χ0v) is 12.7. The van der Waals surface area contributed by atoms with Crippen LogP contribution in [0.15, 0.2) is 48.5 Å². The number of aromatic nitrogens is 3. The molecule has 0 saturated heterocycles. The van der Waals surface area contributed by atoms with E-state index in [1.165, 1.54) is 5.56 Å². The van der Waals surface area contributed by atoms with Gasteiger partial charge in [-0.3, -0.25) is 4.79 Å². The molecule has 0 N–H and O–H groups in total. The van der Waals surface area contributed by atoms with Crippen LogP contribution in [-0.4, -0.2) is 32.8 Å². The van der Waals surface area contributed by atoms with Crippen molar-refractivity contribution < 1.29 is 4.79 Å². The third kappa shape index (κ3) is 2.98. The Hall–Kier alpha value is -2.69. The highest BCUT2D eigenvalue weighted by Gasteiger charge is 2.13. The maximum Gasteiger partial charge on any atom is 0.244 e. The predicted octanol–water partition coefficient (Wildman–Crippen LogP) is 2.40. The van der Waals surface area contributed by atoms with E-state index in [1.54, 1.807) is 9.58 Å². The van der Waals surface area contributed by atoms with E-state index in [2.05, 4.69) is 16.4 Å². The first-order valence-corrected chi connectivity index (χ1v) is 7.21. The topological polar surface area (TPSA) is 51.0 Å². The van der Waals surface area contributed by atoms with E-state index in [1.807, 2.05) is 56.4 Å². The van der Waals surface area contributed by atoms with Gasteiger partial charge >= 0.3 is 0 Å². The van der Waals surface area contributed by atoms with E-state index in [9.17, 15) is 4.79 Å². The number of nitrogens with zero attached hydrogens (tertiary/aromatic N) is 4. The largest absolute Gasteiger partial charge is 0.340 e. The highest BCUT2D eigenvalue weighted by atomic mass is 16.2. The molecule has 0 atom stereocenters. The van der Waals surface area contributed by atoms with Crippen LogP contribution in [0.2, 0.25) is 0 Å². The first-order valence-electron chi connectivity index (χ1n) is 7.21. The smallest absolute Gasteiger partial charge is 0.244 e. The number of fused-ring (bicyclic) bond motifs is 1. The molecule has 1 heterocycles. The Balaban J connectivity index is 1.71. The first kappa shape index (κ1) is 14.3. The summed E-state index contributed by atoms with van der Waals surface area (Å²) >= 11 is 0. The van der Waals surface area contributed by atoms with Crippen molar-refractivity contribution in [3.05, 3.63) is 59.7 Å². The molecule has 0 unspecified atom stereocenters. The van der Waals surface area contributed by atoms with Gasteiger partial charge in [0.15, 0.2) is 0 Å². The molecular formula is C17H18N4O. The summed E-state index contributed by atoms with van der Waals surface area (Å²) < 4.78 is 1.64. The van der Waals surface area contributed by atoms with Gasteiger partial charge in [-0.15, -0.1) is 5.10 Å². The van der Waals surface area contributed by atoms with Crippen molar-refractivity contribution in [1.82, 2.24) is 19.9 Å². The Morgan fingerprint density at radius 2 is 2.00 bits per heavy atom. The Labute approximate surface area is 129 Å². The zero-order chi connectivity index (χ0) is 15.5. The third-order valence-electron chi connectivity index (χ3n) is 3.63. The Morgan fingerprint density at radius 3 is 2.82 bits per heavy atom. The summed E-state index contributed by atoms with van der Waals surface area (Å²) in [4.78, 5) is 14.1. The average Bonchev–Trinajstić information content (AvgIpc) is 2.90. The van der Waals surface area contributed by atoms with E-state index >= 15 is 0 Å².